The van der Waals surface area contributed by atoms with Crippen LogP contribution in [0.15, 0.2) is 30.4 Å². The van der Waals surface area contributed by atoms with Crippen LogP contribution < -0.4 is 4.74 Å². The fraction of sp³-hybridized carbons (Fsp3) is 0.333. The SMILES string of the molecule is C=C(COc1cc(C(C)(C)C)ccc1C=O)C(=O)O. The quantitative estimate of drug-likeness (QED) is 0.654. The molecule has 4 heteroatoms. The van der Waals surface area contributed by atoms with Gasteiger partial charge in [-0.15, -0.1) is 0 Å². The van der Waals surface area contributed by atoms with Gasteiger partial charge in [-0.1, -0.05) is 33.4 Å². The molecule has 0 spiro atoms. The van der Waals surface area contributed by atoms with E-state index in [0.29, 0.717) is 17.6 Å². The van der Waals surface area contributed by atoms with Gasteiger partial charge in [0.2, 0.25) is 0 Å². The lowest BCUT2D eigenvalue weighted by atomic mass is 9.86. The summed E-state index contributed by atoms with van der Waals surface area (Å²) in [5, 5.41) is 8.72. The van der Waals surface area contributed by atoms with Crippen molar-refractivity contribution in [1.82, 2.24) is 0 Å². The Morgan fingerprint density at radius 3 is 2.53 bits per heavy atom. The van der Waals surface area contributed by atoms with Gasteiger partial charge in [0.15, 0.2) is 6.29 Å². The van der Waals surface area contributed by atoms with Gasteiger partial charge < -0.3 is 9.84 Å². The predicted molar refractivity (Wildman–Crippen MR) is 72.8 cm³/mol. The van der Waals surface area contributed by atoms with E-state index in [-0.39, 0.29) is 17.6 Å². The van der Waals surface area contributed by atoms with Crippen molar-refractivity contribution in [3.05, 3.63) is 41.5 Å². The molecule has 1 rings (SSSR count). The number of hydrogen-bond donors (Lipinski definition) is 1. The van der Waals surface area contributed by atoms with E-state index in [9.17, 15) is 9.59 Å². The summed E-state index contributed by atoms with van der Waals surface area (Å²) < 4.78 is 5.38. The Morgan fingerprint density at radius 1 is 1.42 bits per heavy atom. The molecule has 0 aliphatic rings. The molecule has 0 radical (unpaired) electrons. The molecular formula is C15H18O4. The van der Waals surface area contributed by atoms with E-state index < -0.39 is 5.97 Å². The van der Waals surface area contributed by atoms with Crippen LogP contribution in [-0.2, 0) is 10.2 Å². The number of aliphatic carboxylic acids is 1. The Morgan fingerprint density at radius 2 is 2.05 bits per heavy atom. The monoisotopic (exact) mass is 262 g/mol. The topological polar surface area (TPSA) is 63.6 Å². The van der Waals surface area contributed by atoms with E-state index in [0.717, 1.165) is 5.56 Å². The number of carbonyl (C=O) groups is 2. The van der Waals surface area contributed by atoms with Crippen molar-refractivity contribution in [2.45, 2.75) is 26.2 Å². The highest BCUT2D eigenvalue weighted by Crippen LogP contribution is 2.28. The lowest BCUT2D eigenvalue weighted by molar-refractivity contribution is -0.133. The Labute approximate surface area is 112 Å². The predicted octanol–water partition coefficient (Wildman–Crippen LogP) is 2.82. The summed E-state index contributed by atoms with van der Waals surface area (Å²) in [5.41, 5.74) is 1.27. The van der Waals surface area contributed by atoms with Gasteiger partial charge >= 0.3 is 5.97 Å². The highest BCUT2D eigenvalue weighted by atomic mass is 16.5. The smallest absolute Gasteiger partial charge is 0.334 e. The van der Waals surface area contributed by atoms with Crippen molar-refractivity contribution in [3.8, 4) is 5.75 Å². The second kappa shape index (κ2) is 5.69. The summed E-state index contributed by atoms with van der Waals surface area (Å²) >= 11 is 0. The lowest BCUT2D eigenvalue weighted by Gasteiger charge is -2.20. The van der Waals surface area contributed by atoms with Gasteiger partial charge in [0.25, 0.3) is 0 Å². The normalized spacial score (nSPS) is 10.9. The molecule has 0 heterocycles. The summed E-state index contributed by atoms with van der Waals surface area (Å²) in [6.45, 7) is 9.37. The number of benzene rings is 1. The zero-order valence-corrected chi connectivity index (χ0v) is 11.4. The highest BCUT2D eigenvalue weighted by molar-refractivity contribution is 5.86. The van der Waals surface area contributed by atoms with Gasteiger partial charge in [0.05, 0.1) is 11.1 Å². The molecule has 0 fully saturated rings. The van der Waals surface area contributed by atoms with E-state index in [4.69, 9.17) is 9.84 Å². The molecule has 1 aromatic rings. The van der Waals surface area contributed by atoms with Crippen LogP contribution in [0.1, 0.15) is 36.7 Å². The fourth-order valence-electron chi connectivity index (χ4n) is 1.45. The van der Waals surface area contributed by atoms with Crippen molar-refractivity contribution in [3.63, 3.8) is 0 Å². The highest BCUT2D eigenvalue weighted by Gasteiger charge is 2.16. The molecule has 1 N–H and O–H groups in total. The molecule has 0 aliphatic carbocycles. The van der Waals surface area contributed by atoms with Crippen LogP contribution in [0.2, 0.25) is 0 Å². The minimum absolute atomic E-state index is 0.0574. The first-order valence-corrected chi connectivity index (χ1v) is 5.89. The molecule has 1 aromatic carbocycles. The van der Waals surface area contributed by atoms with E-state index in [1.54, 1.807) is 12.1 Å². The maximum atomic E-state index is 10.9. The third kappa shape index (κ3) is 3.95. The average molecular weight is 262 g/mol. The number of carboxylic acids is 1. The second-order valence-electron chi connectivity index (χ2n) is 5.32. The Hall–Kier alpha value is -2.10. The number of ether oxygens (including phenoxy) is 1. The number of rotatable bonds is 5. The zero-order valence-electron chi connectivity index (χ0n) is 11.4. The van der Waals surface area contributed by atoms with E-state index in [1.807, 2.05) is 26.8 Å². The molecule has 0 saturated carbocycles. The minimum Gasteiger partial charge on any atom is -0.488 e. The molecule has 0 aliphatic heterocycles. The van der Waals surface area contributed by atoms with Crippen LogP contribution in [0.4, 0.5) is 0 Å². The van der Waals surface area contributed by atoms with Gasteiger partial charge in [0, 0.05) is 0 Å². The van der Waals surface area contributed by atoms with Crippen LogP contribution in [0, 0.1) is 0 Å². The van der Waals surface area contributed by atoms with Gasteiger partial charge in [-0.3, -0.25) is 4.79 Å². The number of carbonyl (C=O) groups excluding carboxylic acids is 1. The average Bonchev–Trinajstić information content (AvgIpc) is 2.34. The first kappa shape index (κ1) is 15.0. The fourth-order valence-corrected chi connectivity index (χ4v) is 1.45. The molecule has 0 saturated heterocycles. The summed E-state index contributed by atoms with van der Waals surface area (Å²) in [5.74, 6) is -0.732. The molecule has 0 aromatic heterocycles. The first-order chi connectivity index (χ1) is 8.75. The number of hydrogen-bond acceptors (Lipinski definition) is 3. The molecule has 19 heavy (non-hydrogen) atoms. The molecule has 0 unspecified atom stereocenters. The summed E-state index contributed by atoms with van der Waals surface area (Å²) in [4.78, 5) is 21.6. The van der Waals surface area contributed by atoms with Crippen LogP contribution in [-0.4, -0.2) is 24.0 Å². The summed E-state index contributed by atoms with van der Waals surface area (Å²) in [6.07, 6.45) is 0.686. The van der Waals surface area contributed by atoms with E-state index in [1.165, 1.54) is 0 Å². The van der Waals surface area contributed by atoms with Gasteiger partial charge in [-0.05, 0) is 23.1 Å². The van der Waals surface area contributed by atoms with Crippen molar-refractivity contribution in [2.75, 3.05) is 6.61 Å². The molecule has 0 bridgehead atoms. The van der Waals surface area contributed by atoms with E-state index >= 15 is 0 Å². The van der Waals surface area contributed by atoms with Crippen LogP contribution in [0.25, 0.3) is 0 Å². The van der Waals surface area contributed by atoms with Crippen LogP contribution >= 0.6 is 0 Å². The maximum Gasteiger partial charge on any atom is 0.334 e. The molecule has 4 nitrogen and oxygen atoms in total. The largest absolute Gasteiger partial charge is 0.488 e. The van der Waals surface area contributed by atoms with Crippen LogP contribution in [0.5, 0.6) is 5.75 Å². The van der Waals surface area contributed by atoms with E-state index in [2.05, 4.69) is 6.58 Å². The maximum absolute atomic E-state index is 10.9. The molecule has 102 valence electrons. The second-order valence-corrected chi connectivity index (χ2v) is 5.32. The molecule has 0 amide bonds. The Bertz CT molecular complexity index is 509. The standard InChI is InChI=1S/C15H18O4/c1-10(14(17)18)9-19-13-7-12(15(2,3)4)6-5-11(13)8-16/h5-8H,1,9H2,2-4H3,(H,17,18). The van der Waals surface area contributed by atoms with Crippen molar-refractivity contribution < 1.29 is 19.4 Å². The van der Waals surface area contributed by atoms with Crippen molar-refractivity contribution in [1.29, 1.82) is 0 Å². The molecular weight excluding hydrogens is 244 g/mol. The third-order valence-corrected chi connectivity index (χ3v) is 2.71. The van der Waals surface area contributed by atoms with Gasteiger partial charge in [-0.2, -0.15) is 0 Å². The summed E-state index contributed by atoms with van der Waals surface area (Å²) in [6, 6.07) is 5.30. The Balaban J connectivity index is 3.00. The lowest BCUT2D eigenvalue weighted by Crippen LogP contribution is -2.13. The Kier molecular flexibility index (Phi) is 4.48. The zero-order chi connectivity index (χ0) is 14.6. The van der Waals surface area contributed by atoms with Crippen molar-refractivity contribution in [2.24, 2.45) is 0 Å². The van der Waals surface area contributed by atoms with Crippen LogP contribution in [0.3, 0.4) is 0 Å². The molecule has 0 atom stereocenters. The van der Waals surface area contributed by atoms with Gasteiger partial charge in [-0.25, -0.2) is 4.79 Å². The minimum atomic E-state index is -1.11. The first-order valence-electron chi connectivity index (χ1n) is 5.89. The van der Waals surface area contributed by atoms with Gasteiger partial charge in [0.1, 0.15) is 12.4 Å². The summed E-state index contributed by atoms with van der Waals surface area (Å²) in [7, 11) is 0. The van der Waals surface area contributed by atoms with Crippen molar-refractivity contribution >= 4 is 12.3 Å². The third-order valence-electron chi connectivity index (χ3n) is 2.71. The number of aldehydes is 1. The number of carboxylic acid groups (broad SMARTS) is 1.